The van der Waals surface area contributed by atoms with Crippen LogP contribution in [-0.4, -0.2) is 38.9 Å². The van der Waals surface area contributed by atoms with Crippen molar-refractivity contribution in [2.24, 2.45) is 0 Å². The van der Waals surface area contributed by atoms with Crippen molar-refractivity contribution in [1.29, 1.82) is 0 Å². The Kier molecular flexibility index (Phi) is 9.72. The van der Waals surface area contributed by atoms with E-state index in [1.54, 1.807) is 39.3 Å². The number of nitrogens with one attached hydrogen (secondary N) is 2. The van der Waals surface area contributed by atoms with Gasteiger partial charge in [0.15, 0.2) is 0 Å². The van der Waals surface area contributed by atoms with E-state index in [1.807, 2.05) is 0 Å². The van der Waals surface area contributed by atoms with Crippen LogP contribution in [0.1, 0.15) is 29.2 Å². The molecule has 0 aliphatic carbocycles. The summed E-state index contributed by atoms with van der Waals surface area (Å²) in [6.45, 7) is 5.57. The largest absolute Gasteiger partial charge is 0.497 e. The molecular weight excluding hydrogens is 568 g/mol. The van der Waals surface area contributed by atoms with Gasteiger partial charge >= 0.3 is 5.97 Å². The predicted molar refractivity (Wildman–Crippen MR) is 159 cm³/mol. The highest BCUT2D eigenvalue weighted by molar-refractivity contribution is 6.35. The summed E-state index contributed by atoms with van der Waals surface area (Å²) in [4.78, 5) is 14.4. The standard InChI is InChI=1S/C31H32ClF2N3O5/c1-6-42-31(39)23-15-37(30-21(17(23)2)11-24(33)22(14-35-3)29(30)32)27-12-26(25(34)9-19(27)16-38)36-13-18-7-8-20(40-4)10-28(18)41-5/h7-12,15,35-36,38H,2,6,13-14,16H2,1,3-5H3. The van der Waals surface area contributed by atoms with Crippen molar-refractivity contribution in [3.05, 3.63) is 93.7 Å². The molecular formula is C31H32ClF2N3O5. The lowest BCUT2D eigenvalue weighted by atomic mass is 9.92. The Hall–Kier alpha value is -4.12. The van der Waals surface area contributed by atoms with Crippen molar-refractivity contribution in [3.8, 4) is 11.5 Å². The zero-order valence-electron chi connectivity index (χ0n) is 23.7. The van der Waals surface area contributed by atoms with Gasteiger partial charge in [0.25, 0.3) is 0 Å². The van der Waals surface area contributed by atoms with E-state index in [-0.39, 0.29) is 58.2 Å². The molecule has 42 heavy (non-hydrogen) atoms. The molecule has 3 aromatic carbocycles. The Bertz CT molecular complexity index is 1560. The molecule has 3 aromatic rings. The van der Waals surface area contributed by atoms with Gasteiger partial charge in [-0.3, -0.25) is 0 Å². The lowest BCUT2D eigenvalue weighted by molar-refractivity contribution is -0.138. The molecule has 1 aliphatic heterocycles. The van der Waals surface area contributed by atoms with Crippen molar-refractivity contribution in [1.82, 2.24) is 5.32 Å². The quantitative estimate of drug-likeness (QED) is 0.229. The molecule has 0 saturated carbocycles. The summed E-state index contributed by atoms with van der Waals surface area (Å²) in [5, 5.41) is 16.3. The second-order valence-corrected chi connectivity index (χ2v) is 9.72. The van der Waals surface area contributed by atoms with Crippen LogP contribution in [0, 0.1) is 11.6 Å². The molecule has 0 saturated heterocycles. The van der Waals surface area contributed by atoms with Crippen molar-refractivity contribution < 1.29 is 32.9 Å². The molecule has 0 radical (unpaired) electrons. The summed E-state index contributed by atoms with van der Waals surface area (Å²) >= 11 is 6.79. The number of hydrogen-bond acceptors (Lipinski definition) is 8. The molecule has 1 heterocycles. The summed E-state index contributed by atoms with van der Waals surface area (Å²) < 4.78 is 46.4. The number of hydrogen-bond donors (Lipinski definition) is 3. The molecule has 8 nitrogen and oxygen atoms in total. The highest BCUT2D eigenvalue weighted by Crippen LogP contribution is 2.48. The van der Waals surface area contributed by atoms with E-state index in [0.717, 1.165) is 5.56 Å². The number of aliphatic hydroxyl groups is 1. The fourth-order valence-corrected chi connectivity index (χ4v) is 5.07. The number of esters is 1. The Labute approximate surface area is 248 Å². The molecule has 0 aromatic heterocycles. The molecule has 0 atom stereocenters. The van der Waals surface area contributed by atoms with Crippen LogP contribution in [0.4, 0.5) is 25.8 Å². The molecule has 0 unspecified atom stereocenters. The van der Waals surface area contributed by atoms with E-state index in [9.17, 15) is 9.90 Å². The van der Waals surface area contributed by atoms with E-state index < -0.39 is 24.2 Å². The van der Waals surface area contributed by atoms with E-state index in [0.29, 0.717) is 22.9 Å². The van der Waals surface area contributed by atoms with Gasteiger partial charge < -0.3 is 34.9 Å². The fraction of sp³-hybridized carbons (Fsp3) is 0.258. The lowest BCUT2D eigenvalue weighted by Crippen LogP contribution is -2.24. The molecule has 1 aliphatic rings. The first kappa shape index (κ1) is 30.8. The summed E-state index contributed by atoms with van der Waals surface area (Å²) in [6.07, 6.45) is 1.46. The van der Waals surface area contributed by atoms with Gasteiger partial charge in [0.05, 0.1) is 55.1 Å². The molecule has 3 N–H and O–H groups in total. The Morgan fingerprint density at radius 2 is 1.83 bits per heavy atom. The van der Waals surface area contributed by atoms with Crippen molar-refractivity contribution in [2.45, 2.75) is 26.6 Å². The van der Waals surface area contributed by atoms with Crippen LogP contribution in [0.5, 0.6) is 11.5 Å². The van der Waals surface area contributed by atoms with Crippen molar-refractivity contribution in [2.75, 3.05) is 38.1 Å². The van der Waals surface area contributed by atoms with Gasteiger partial charge in [-0.05, 0) is 49.9 Å². The Morgan fingerprint density at radius 3 is 2.48 bits per heavy atom. The second kappa shape index (κ2) is 13.2. The monoisotopic (exact) mass is 599 g/mol. The summed E-state index contributed by atoms with van der Waals surface area (Å²) in [7, 11) is 4.73. The van der Waals surface area contributed by atoms with E-state index in [2.05, 4.69) is 17.2 Å². The van der Waals surface area contributed by atoms with Crippen LogP contribution in [0.3, 0.4) is 0 Å². The minimum absolute atomic E-state index is 0.0619. The van der Waals surface area contributed by atoms with Crippen LogP contribution in [-0.2, 0) is 29.2 Å². The van der Waals surface area contributed by atoms with Gasteiger partial charge in [0.2, 0.25) is 0 Å². The second-order valence-electron chi connectivity index (χ2n) is 9.34. The van der Waals surface area contributed by atoms with Crippen molar-refractivity contribution >= 4 is 40.2 Å². The number of carbonyl (C=O) groups is 1. The molecule has 0 spiro atoms. The van der Waals surface area contributed by atoms with Gasteiger partial charge in [0.1, 0.15) is 23.1 Å². The van der Waals surface area contributed by atoms with Crippen LogP contribution >= 0.6 is 11.6 Å². The lowest BCUT2D eigenvalue weighted by Gasteiger charge is -2.33. The van der Waals surface area contributed by atoms with E-state index in [1.165, 1.54) is 36.4 Å². The molecule has 11 heteroatoms. The SMILES string of the molecule is C=C1C(C(=O)OCC)=CN(c2cc(NCc3ccc(OC)cc3OC)c(F)cc2CO)c2c1cc(F)c(CNC)c2Cl. The Morgan fingerprint density at radius 1 is 1.07 bits per heavy atom. The average Bonchev–Trinajstić information content (AvgIpc) is 2.99. The number of fused-ring (bicyclic) bond motifs is 1. The summed E-state index contributed by atoms with van der Waals surface area (Å²) in [5.41, 5.74) is 2.41. The number of nitrogens with zero attached hydrogens (tertiary/aromatic N) is 1. The summed E-state index contributed by atoms with van der Waals surface area (Å²) in [6, 6.07) is 9.22. The van der Waals surface area contributed by atoms with Crippen LogP contribution in [0.15, 0.2) is 54.8 Å². The smallest absolute Gasteiger partial charge is 0.340 e. The van der Waals surface area contributed by atoms with Crippen molar-refractivity contribution in [3.63, 3.8) is 0 Å². The number of ether oxygens (including phenoxy) is 3. The number of halogens is 3. The summed E-state index contributed by atoms with van der Waals surface area (Å²) in [5.74, 6) is -0.724. The number of rotatable bonds is 11. The van der Waals surface area contributed by atoms with Gasteiger partial charge in [-0.15, -0.1) is 0 Å². The third-order valence-electron chi connectivity index (χ3n) is 6.85. The molecule has 0 amide bonds. The highest BCUT2D eigenvalue weighted by Gasteiger charge is 2.32. The minimum Gasteiger partial charge on any atom is -0.497 e. The maximum atomic E-state index is 15.3. The van der Waals surface area contributed by atoms with Gasteiger partial charge in [-0.1, -0.05) is 18.2 Å². The molecule has 0 fully saturated rings. The normalized spacial score (nSPS) is 12.5. The fourth-order valence-electron chi connectivity index (χ4n) is 4.72. The molecule has 0 bridgehead atoms. The average molecular weight is 600 g/mol. The minimum atomic E-state index is -0.674. The zero-order valence-corrected chi connectivity index (χ0v) is 24.5. The molecule has 4 rings (SSSR count). The number of methoxy groups -OCH3 is 2. The molecule has 222 valence electrons. The van der Waals surface area contributed by atoms with Crippen LogP contribution in [0.25, 0.3) is 5.57 Å². The Balaban J connectivity index is 1.87. The maximum absolute atomic E-state index is 15.3. The zero-order chi connectivity index (χ0) is 30.6. The van der Waals surface area contributed by atoms with Gasteiger partial charge in [-0.25, -0.2) is 13.6 Å². The van der Waals surface area contributed by atoms with Crippen LogP contribution < -0.4 is 25.0 Å². The van der Waals surface area contributed by atoms with E-state index in [4.69, 9.17) is 25.8 Å². The first-order valence-corrected chi connectivity index (χ1v) is 13.5. The van der Waals surface area contributed by atoms with Gasteiger partial charge in [-0.2, -0.15) is 0 Å². The van der Waals surface area contributed by atoms with Gasteiger partial charge in [0, 0.05) is 47.6 Å². The number of aliphatic hydroxyl groups excluding tert-OH is 1. The van der Waals surface area contributed by atoms with E-state index >= 15 is 8.78 Å². The van der Waals surface area contributed by atoms with Crippen LogP contribution in [0.2, 0.25) is 5.02 Å². The predicted octanol–water partition coefficient (Wildman–Crippen LogP) is 6.07. The number of carbonyl (C=O) groups excluding carboxylic acids is 1. The maximum Gasteiger partial charge on any atom is 0.340 e. The topological polar surface area (TPSA) is 92.3 Å². The number of benzene rings is 3. The third-order valence-corrected chi connectivity index (χ3v) is 7.25. The first-order chi connectivity index (χ1) is 20.2. The first-order valence-electron chi connectivity index (χ1n) is 13.1. The highest BCUT2D eigenvalue weighted by atomic mass is 35.5. The third kappa shape index (κ3) is 5.92. The number of anilines is 3.